The molecule has 1 atom stereocenters. The van der Waals surface area contributed by atoms with Crippen LogP contribution in [-0.2, 0) is 10.0 Å². The molecule has 0 N–H and O–H groups in total. The molecule has 0 bridgehead atoms. The summed E-state index contributed by atoms with van der Waals surface area (Å²) in [6, 6.07) is 15.5. The van der Waals surface area contributed by atoms with E-state index in [0.29, 0.717) is 10.8 Å². The maximum Gasteiger partial charge on any atom is 0.281 e. The number of aryl methyl sites for hydroxylation is 1. The zero-order chi connectivity index (χ0) is 20.9. The average Bonchev–Trinajstić information content (AvgIpc) is 3.51. The van der Waals surface area contributed by atoms with Gasteiger partial charge in [-0.05, 0) is 68.0 Å². The molecule has 2 aromatic carbocycles. The van der Waals surface area contributed by atoms with Crippen LogP contribution in [0.2, 0.25) is 0 Å². The summed E-state index contributed by atoms with van der Waals surface area (Å²) in [5, 5.41) is 2.06. The predicted octanol–water partition coefficient (Wildman–Crippen LogP) is 5.80. The fourth-order valence-electron chi connectivity index (χ4n) is 4.49. The molecule has 3 aliphatic rings. The molecule has 0 amide bonds. The fraction of sp³-hybridized carbons (Fsp3) is 0.360. The molecule has 2 aromatic rings. The monoisotopic (exact) mass is 420 g/mol. The van der Waals surface area contributed by atoms with Crippen molar-refractivity contribution in [2.24, 2.45) is 5.92 Å². The van der Waals surface area contributed by atoms with Gasteiger partial charge in [-0.2, -0.15) is 12.8 Å². The average molecular weight is 421 g/mol. The Morgan fingerprint density at radius 2 is 1.77 bits per heavy atom. The third-order valence-electron chi connectivity index (χ3n) is 6.27. The number of unbranched alkanes of at least 4 members (excludes halogenated alkanes) is 1. The molecule has 1 saturated carbocycles. The van der Waals surface area contributed by atoms with Crippen LogP contribution in [0.5, 0.6) is 0 Å². The van der Waals surface area contributed by atoms with E-state index in [1.54, 1.807) is 16.5 Å². The van der Waals surface area contributed by atoms with E-state index in [1.165, 1.54) is 11.1 Å². The number of sulfonamides is 1. The summed E-state index contributed by atoms with van der Waals surface area (Å²) >= 11 is 0. The second kappa shape index (κ2) is 7.31. The standard InChI is InChI=1S/C25H28N2O2S/c1-3-4-8-21-16-20-7-5-6-9-23(20)25-17-24(19-12-13-19)27(26(21)25)30(28,29)22-14-10-18(2)11-15-22/h5-7,9-11,14-17,19,25H,3-4,8,12-13H2,1-2H3. The minimum absolute atomic E-state index is 0.0612. The molecule has 5 rings (SSSR count). The molecule has 0 radical (unpaired) electrons. The smallest absolute Gasteiger partial charge is 0.264 e. The van der Waals surface area contributed by atoms with Gasteiger partial charge < -0.3 is 0 Å². The lowest BCUT2D eigenvalue weighted by Crippen LogP contribution is -2.43. The number of allylic oxidation sites excluding steroid dienone is 2. The lowest BCUT2D eigenvalue weighted by atomic mass is 9.94. The van der Waals surface area contributed by atoms with Crippen LogP contribution in [0.15, 0.2) is 70.9 Å². The van der Waals surface area contributed by atoms with Crippen LogP contribution in [0.1, 0.15) is 61.8 Å². The van der Waals surface area contributed by atoms with Gasteiger partial charge in [0.2, 0.25) is 0 Å². The van der Waals surface area contributed by atoms with Crippen LogP contribution >= 0.6 is 0 Å². The van der Waals surface area contributed by atoms with Gasteiger partial charge >= 0.3 is 0 Å². The molecule has 0 saturated heterocycles. The molecule has 1 fully saturated rings. The van der Waals surface area contributed by atoms with Gasteiger partial charge in [0, 0.05) is 11.6 Å². The summed E-state index contributed by atoms with van der Waals surface area (Å²) in [7, 11) is -3.69. The highest BCUT2D eigenvalue weighted by Gasteiger charge is 2.48. The van der Waals surface area contributed by atoms with Crippen LogP contribution in [-0.4, -0.2) is 17.8 Å². The number of hydrogen-bond donors (Lipinski definition) is 0. The largest absolute Gasteiger partial charge is 0.281 e. The minimum Gasteiger partial charge on any atom is -0.264 e. The molecule has 0 aromatic heterocycles. The van der Waals surface area contributed by atoms with E-state index in [-0.39, 0.29) is 6.04 Å². The quantitative estimate of drug-likeness (QED) is 0.593. The summed E-state index contributed by atoms with van der Waals surface area (Å²) in [5.41, 5.74) is 5.47. The molecule has 4 nitrogen and oxygen atoms in total. The van der Waals surface area contributed by atoms with E-state index in [9.17, 15) is 8.42 Å². The topological polar surface area (TPSA) is 40.6 Å². The predicted molar refractivity (Wildman–Crippen MR) is 120 cm³/mol. The normalized spacial score (nSPS) is 20.5. The summed E-state index contributed by atoms with van der Waals surface area (Å²) in [6.45, 7) is 4.15. The van der Waals surface area contributed by atoms with E-state index in [4.69, 9.17) is 0 Å². The van der Waals surface area contributed by atoms with Crippen molar-refractivity contribution in [3.63, 3.8) is 0 Å². The SMILES string of the molecule is CCCCC1=Cc2ccccc2C2C=C(C3CC3)N(S(=O)(=O)c3ccc(C)cc3)N12. The molecule has 2 aliphatic heterocycles. The van der Waals surface area contributed by atoms with E-state index >= 15 is 0 Å². The highest BCUT2D eigenvalue weighted by Crippen LogP contribution is 2.51. The van der Waals surface area contributed by atoms with Crippen LogP contribution in [0.4, 0.5) is 0 Å². The summed E-state index contributed by atoms with van der Waals surface area (Å²) in [6.07, 6.45) is 9.47. The van der Waals surface area contributed by atoms with Crippen LogP contribution in [0.3, 0.4) is 0 Å². The Hall–Kier alpha value is -2.53. The molecular formula is C25H28N2O2S. The number of benzene rings is 2. The number of nitrogens with zero attached hydrogens (tertiary/aromatic N) is 2. The van der Waals surface area contributed by atoms with Gasteiger partial charge in [0.05, 0.1) is 16.6 Å². The number of hydrazine groups is 1. The molecule has 1 unspecified atom stereocenters. The molecule has 2 heterocycles. The zero-order valence-electron chi connectivity index (χ0n) is 17.6. The van der Waals surface area contributed by atoms with E-state index in [0.717, 1.165) is 49.1 Å². The summed E-state index contributed by atoms with van der Waals surface area (Å²) in [5.74, 6) is 0.329. The van der Waals surface area contributed by atoms with Gasteiger partial charge in [0.25, 0.3) is 10.0 Å². The molecule has 156 valence electrons. The second-order valence-corrected chi connectivity index (χ2v) is 10.4. The Balaban J connectivity index is 1.65. The van der Waals surface area contributed by atoms with Crippen molar-refractivity contribution in [2.45, 2.75) is 56.9 Å². The second-order valence-electron chi connectivity index (χ2n) is 8.58. The van der Waals surface area contributed by atoms with Crippen molar-refractivity contribution >= 4 is 16.1 Å². The molecule has 0 spiro atoms. The summed E-state index contributed by atoms with van der Waals surface area (Å²) in [4.78, 5) is 0.356. The van der Waals surface area contributed by atoms with Gasteiger partial charge in [-0.1, -0.05) is 55.3 Å². The first-order chi connectivity index (χ1) is 14.5. The number of fused-ring (bicyclic) bond motifs is 3. The first-order valence-electron chi connectivity index (χ1n) is 10.9. The van der Waals surface area contributed by atoms with Crippen LogP contribution < -0.4 is 0 Å². The lowest BCUT2D eigenvalue weighted by Gasteiger charge is -2.41. The molecule has 5 heteroatoms. The maximum atomic E-state index is 13.9. The van der Waals surface area contributed by atoms with Gasteiger partial charge in [0.1, 0.15) is 0 Å². The third-order valence-corrected chi connectivity index (χ3v) is 7.98. The van der Waals surface area contributed by atoms with Crippen molar-refractivity contribution < 1.29 is 8.42 Å². The Labute approximate surface area is 179 Å². The van der Waals surface area contributed by atoms with Crippen molar-refractivity contribution in [1.29, 1.82) is 0 Å². The van der Waals surface area contributed by atoms with Crippen LogP contribution in [0.25, 0.3) is 6.08 Å². The number of hydrogen-bond acceptors (Lipinski definition) is 3. The Morgan fingerprint density at radius 3 is 2.47 bits per heavy atom. The molecular weight excluding hydrogens is 392 g/mol. The van der Waals surface area contributed by atoms with Crippen molar-refractivity contribution in [3.8, 4) is 0 Å². The Bertz CT molecular complexity index is 1130. The number of rotatable bonds is 6. The highest BCUT2D eigenvalue weighted by molar-refractivity contribution is 7.89. The first-order valence-corrected chi connectivity index (χ1v) is 12.4. The van der Waals surface area contributed by atoms with E-state index in [1.807, 2.05) is 25.1 Å². The first kappa shape index (κ1) is 19.4. The van der Waals surface area contributed by atoms with E-state index < -0.39 is 10.0 Å². The van der Waals surface area contributed by atoms with Gasteiger partial charge in [0.15, 0.2) is 0 Å². The minimum atomic E-state index is -3.69. The highest BCUT2D eigenvalue weighted by atomic mass is 32.2. The summed E-state index contributed by atoms with van der Waals surface area (Å²) < 4.78 is 29.4. The van der Waals surface area contributed by atoms with E-state index in [2.05, 4.69) is 42.3 Å². The Kier molecular flexibility index (Phi) is 4.73. The Morgan fingerprint density at radius 1 is 1.03 bits per heavy atom. The zero-order valence-corrected chi connectivity index (χ0v) is 18.4. The van der Waals surface area contributed by atoms with Crippen molar-refractivity contribution in [1.82, 2.24) is 9.42 Å². The third kappa shape index (κ3) is 3.16. The van der Waals surface area contributed by atoms with Crippen molar-refractivity contribution in [2.75, 3.05) is 0 Å². The van der Waals surface area contributed by atoms with Gasteiger partial charge in [-0.15, -0.1) is 0 Å². The fourth-order valence-corrected chi connectivity index (χ4v) is 6.09. The molecule has 30 heavy (non-hydrogen) atoms. The maximum absolute atomic E-state index is 13.9. The van der Waals surface area contributed by atoms with Gasteiger partial charge in [-0.3, -0.25) is 5.01 Å². The van der Waals surface area contributed by atoms with Crippen molar-refractivity contribution in [3.05, 3.63) is 82.7 Å². The lowest BCUT2D eigenvalue weighted by molar-refractivity contribution is 0.120. The molecule has 1 aliphatic carbocycles. The van der Waals surface area contributed by atoms with Gasteiger partial charge in [-0.25, -0.2) is 0 Å². The van der Waals surface area contributed by atoms with Crippen LogP contribution in [0, 0.1) is 12.8 Å².